The largest absolute Gasteiger partial charge is 0.393 e. The number of hydrogen-bond acceptors (Lipinski definition) is 0. The van der Waals surface area contributed by atoms with Crippen molar-refractivity contribution in [3.63, 3.8) is 0 Å². The minimum absolute atomic E-state index is 1.04. The maximum atomic E-state index is 13.1. The van der Waals surface area contributed by atoms with Gasteiger partial charge in [-0.2, -0.15) is 79.0 Å². The summed E-state index contributed by atoms with van der Waals surface area (Å²) in [5, 5.41) is -6.90. The molecule has 0 aliphatic rings. The Morgan fingerprint density at radius 3 is 0.690 bits per heavy atom. The molecule has 0 saturated heterocycles. The van der Waals surface area contributed by atoms with E-state index in [9.17, 15) is 79.0 Å². The second-order valence-electron chi connectivity index (χ2n) is 5.02. The van der Waals surface area contributed by atoms with E-state index >= 15 is 0 Å². The van der Waals surface area contributed by atoms with E-state index in [0.717, 1.165) is 0 Å². The summed E-state index contributed by atoms with van der Waals surface area (Å²) >= 11 is 2.26. The monoisotopic (exact) mass is 612 g/mol. The van der Waals surface area contributed by atoms with Crippen molar-refractivity contribution in [2.24, 2.45) is 0 Å². The van der Waals surface area contributed by atoms with Gasteiger partial charge in [0, 0.05) is 22.6 Å². The SMILES string of the molecule is FC(F)(Cl)C(F)(F)C(F)(F)C(F)(F)C(F)(F)C(F)(F)C(F)(F)C(F)(F)C(F)(F)I. The highest BCUT2D eigenvalue weighted by Gasteiger charge is 2.96. The van der Waals surface area contributed by atoms with E-state index in [0.29, 0.717) is 0 Å². The Kier molecular flexibility index (Phi) is 6.82. The summed E-state index contributed by atoms with van der Waals surface area (Å²) in [5.74, 6) is -58.3. The van der Waals surface area contributed by atoms with Gasteiger partial charge in [0.25, 0.3) is 0 Å². The van der Waals surface area contributed by atoms with Crippen LogP contribution in [0.4, 0.5) is 79.0 Å². The fraction of sp³-hybridized carbons (Fsp3) is 1.00. The third-order valence-corrected chi connectivity index (χ3v) is 3.99. The summed E-state index contributed by atoms with van der Waals surface area (Å²) in [6, 6.07) is 0. The number of rotatable bonds is 8. The highest BCUT2D eigenvalue weighted by atomic mass is 127. The van der Waals surface area contributed by atoms with E-state index in [1.54, 1.807) is 0 Å². The molecule has 0 aromatic rings. The van der Waals surface area contributed by atoms with Crippen LogP contribution in [-0.2, 0) is 0 Å². The van der Waals surface area contributed by atoms with Crippen molar-refractivity contribution in [1.82, 2.24) is 0 Å². The summed E-state index contributed by atoms with van der Waals surface area (Å²) in [7, 11) is 0. The number of alkyl halides is 20. The van der Waals surface area contributed by atoms with Gasteiger partial charge in [-0.15, -0.1) is 0 Å². The summed E-state index contributed by atoms with van der Waals surface area (Å²) < 4.78 is 224. The molecule has 0 aliphatic carbocycles. The van der Waals surface area contributed by atoms with E-state index in [1.807, 2.05) is 0 Å². The molecule has 0 fully saturated rings. The van der Waals surface area contributed by atoms with Gasteiger partial charge in [-0.05, 0) is 11.6 Å². The van der Waals surface area contributed by atoms with Gasteiger partial charge in [0.2, 0.25) is 0 Å². The zero-order valence-electron chi connectivity index (χ0n) is 12.1. The standard InChI is InChI=1S/C9ClF18I/c10-8(25,26)6(21,22)4(17,18)2(13,14)1(11,12)3(15,16)5(19,20)7(23,24)9(27,28)29. The first-order valence-electron chi connectivity index (χ1n) is 5.78. The van der Waals surface area contributed by atoms with Crippen molar-refractivity contribution in [3.8, 4) is 0 Å². The van der Waals surface area contributed by atoms with Gasteiger partial charge in [0.15, 0.2) is 0 Å². The van der Waals surface area contributed by atoms with E-state index in [-0.39, 0.29) is 0 Å². The normalized spacial score (nSPS) is 17.0. The van der Waals surface area contributed by atoms with Crippen LogP contribution in [0.1, 0.15) is 0 Å². The molecule has 0 unspecified atom stereocenters. The van der Waals surface area contributed by atoms with Crippen LogP contribution < -0.4 is 0 Å². The van der Waals surface area contributed by atoms with E-state index in [4.69, 9.17) is 0 Å². The van der Waals surface area contributed by atoms with Crippen LogP contribution in [0, 0.1) is 0 Å². The van der Waals surface area contributed by atoms with Crippen LogP contribution in [0.15, 0.2) is 0 Å². The quantitative estimate of drug-likeness (QED) is 0.154. The molecule has 0 aromatic heterocycles. The molecule has 0 heterocycles. The molecule has 176 valence electrons. The van der Waals surface area contributed by atoms with E-state index in [2.05, 4.69) is 11.6 Å². The Balaban J connectivity index is 6.82. The summed E-state index contributed by atoms with van der Waals surface area (Å²) in [6.07, 6.45) is 0. The van der Waals surface area contributed by atoms with Crippen LogP contribution in [0.2, 0.25) is 0 Å². The van der Waals surface area contributed by atoms with Crippen LogP contribution >= 0.6 is 34.2 Å². The van der Waals surface area contributed by atoms with Crippen molar-refractivity contribution in [3.05, 3.63) is 0 Å². The third kappa shape index (κ3) is 3.58. The Bertz CT molecular complexity index is 560. The van der Waals surface area contributed by atoms with Crippen LogP contribution in [0.3, 0.4) is 0 Å². The number of hydrogen-bond donors (Lipinski definition) is 0. The zero-order valence-corrected chi connectivity index (χ0v) is 15.0. The third-order valence-electron chi connectivity index (χ3n) is 3.08. The Morgan fingerprint density at radius 2 is 0.517 bits per heavy atom. The molecule has 0 saturated carbocycles. The lowest BCUT2D eigenvalue weighted by molar-refractivity contribution is -0.454. The molecule has 0 spiro atoms. The Hall–Kier alpha value is -0.240. The second kappa shape index (κ2) is 6.88. The molecular weight excluding hydrogens is 612 g/mol. The van der Waals surface area contributed by atoms with Crippen molar-refractivity contribution in [2.75, 3.05) is 0 Å². The molecule has 0 N–H and O–H groups in total. The first-order chi connectivity index (χ1) is 12.0. The average molecular weight is 612 g/mol. The minimum atomic E-state index is -8.75. The lowest BCUT2D eigenvalue weighted by atomic mass is 9.89. The van der Waals surface area contributed by atoms with Crippen LogP contribution in [0.5, 0.6) is 0 Å². The molecule has 0 atom stereocenters. The van der Waals surface area contributed by atoms with Gasteiger partial charge in [0.05, 0.1) is 0 Å². The van der Waals surface area contributed by atoms with Crippen LogP contribution in [0.25, 0.3) is 0 Å². The Morgan fingerprint density at radius 1 is 0.345 bits per heavy atom. The lowest BCUT2D eigenvalue weighted by Crippen LogP contribution is -2.75. The maximum absolute atomic E-state index is 13.1. The highest BCUT2D eigenvalue weighted by Crippen LogP contribution is 2.65. The highest BCUT2D eigenvalue weighted by molar-refractivity contribution is 14.1. The van der Waals surface area contributed by atoms with Gasteiger partial charge in [0.1, 0.15) is 0 Å². The van der Waals surface area contributed by atoms with Gasteiger partial charge in [-0.3, -0.25) is 0 Å². The molecule has 0 bridgehead atoms. The predicted molar refractivity (Wildman–Crippen MR) is 64.4 cm³/mol. The van der Waals surface area contributed by atoms with Crippen molar-refractivity contribution in [1.29, 1.82) is 0 Å². The summed E-state index contributed by atoms with van der Waals surface area (Å²) in [4.78, 5) is 0. The predicted octanol–water partition coefficient (Wildman–Crippen LogP) is 7.29. The molecule has 20 heteroatoms. The van der Waals surface area contributed by atoms with Crippen molar-refractivity contribution in [2.45, 2.75) is 50.8 Å². The van der Waals surface area contributed by atoms with Gasteiger partial charge < -0.3 is 0 Å². The summed E-state index contributed by atoms with van der Waals surface area (Å²) in [5.41, 5.74) is 0. The molecular formula is C9ClF18I. The molecule has 0 nitrogen and oxygen atoms in total. The van der Waals surface area contributed by atoms with E-state index in [1.165, 1.54) is 0 Å². The van der Waals surface area contributed by atoms with E-state index < -0.39 is 73.4 Å². The second-order valence-corrected chi connectivity index (χ2v) is 6.85. The van der Waals surface area contributed by atoms with Gasteiger partial charge in [-0.1, -0.05) is 0 Å². The molecule has 0 amide bonds. The number of halogens is 20. The summed E-state index contributed by atoms with van der Waals surface area (Å²) in [6.45, 7) is 0. The zero-order chi connectivity index (χ0) is 24.5. The first kappa shape index (κ1) is 28.8. The van der Waals surface area contributed by atoms with Crippen molar-refractivity contribution >= 4 is 34.2 Å². The average Bonchev–Trinajstić information content (AvgIpc) is 2.43. The fourth-order valence-electron chi connectivity index (χ4n) is 1.34. The maximum Gasteiger partial charge on any atom is 0.393 e. The van der Waals surface area contributed by atoms with Crippen LogP contribution in [-0.4, -0.2) is 50.8 Å². The first-order valence-corrected chi connectivity index (χ1v) is 7.24. The molecule has 0 aromatic carbocycles. The minimum Gasteiger partial charge on any atom is -0.192 e. The molecule has 0 aliphatic heterocycles. The molecule has 0 rings (SSSR count). The molecule has 0 radical (unpaired) electrons. The van der Waals surface area contributed by atoms with Gasteiger partial charge >= 0.3 is 50.8 Å². The van der Waals surface area contributed by atoms with Crippen molar-refractivity contribution < 1.29 is 79.0 Å². The topological polar surface area (TPSA) is 0 Å². The molecule has 29 heavy (non-hydrogen) atoms. The Labute approximate surface area is 164 Å². The van der Waals surface area contributed by atoms with Gasteiger partial charge in [-0.25, -0.2) is 0 Å². The smallest absolute Gasteiger partial charge is 0.192 e. The fourth-order valence-corrected chi connectivity index (χ4v) is 1.80. The lowest BCUT2D eigenvalue weighted by Gasteiger charge is -2.43.